The molecule has 0 N–H and O–H groups in total. The number of nitrogens with zero attached hydrogens (tertiary/aromatic N) is 2. The van der Waals surface area contributed by atoms with Crippen LogP contribution >= 0.6 is 0 Å². The zero-order chi connectivity index (χ0) is 13.8. The van der Waals surface area contributed by atoms with E-state index < -0.39 is 0 Å². The number of carbonyl (C=O) groups excluding carboxylic acids is 1. The minimum absolute atomic E-state index is 0.0627. The fraction of sp³-hybridized carbons (Fsp3) is 0.500. The van der Waals surface area contributed by atoms with E-state index in [1.807, 2.05) is 36.1 Å². The summed E-state index contributed by atoms with van der Waals surface area (Å²) in [4.78, 5) is 14.5. The molecule has 1 saturated carbocycles. The van der Waals surface area contributed by atoms with E-state index in [1.165, 1.54) is 12.8 Å². The molecule has 3 nitrogen and oxygen atoms in total. The topological polar surface area (TPSA) is 44.1 Å². The number of rotatable bonds is 5. The van der Waals surface area contributed by atoms with Crippen LogP contribution < -0.4 is 0 Å². The second-order valence-electron chi connectivity index (χ2n) is 5.30. The highest BCUT2D eigenvalue weighted by Gasteiger charge is 2.34. The van der Waals surface area contributed by atoms with Crippen LogP contribution in [0.2, 0.25) is 0 Å². The Bertz CT molecular complexity index is 500. The molecule has 0 aromatic heterocycles. The summed E-state index contributed by atoms with van der Waals surface area (Å²) in [5.74, 6) is 0.680. The third kappa shape index (κ3) is 3.14. The van der Waals surface area contributed by atoms with Gasteiger partial charge in [-0.15, -0.1) is 0 Å². The predicted molar refractivity (Wildman–Crippen MR) is 74.6 cm³/mol. The van der Waals surface area contributed by atoms with E-state index in [-0.39, 0.29) is 11.9 Å². The van der Waals surface area contributed by atoms with Crippen molar-refractivity contribution in [3.8, 4) is 6.07 Å². The molecule has 0 aliphatic heterocycles. The van der Waals surface area contributed by atoms with Crippen molar-refractivity contribution in [3.05, 3.63) is 35.4 Å². The molecule has 2 rings (SSSR count). The van der Waals surface area contributed by atoms with Gasteiger partial charge in [-0.25, -0.2) is 0 Å². The van der Waals surface area contributed by atoms with Crippen molar-refractivity contribution in [2.75, 3.05) is 6.54 Å². The molecule has 0 unspecified atom stereocenters. The summed E-state index contributed by atoms with van der Waals surface area (Å²) in [6.07, 6.45) is 2.80. The molecule has 1 fully saturated rings. The molecule has 0 heterocycles. The van der Waals surface area contributed by atoms with E-state index in [0.29, 0.717) is 18.9 Å². The zero-order valence-corrected chi connectivity index (χ0v) is 11.6. The highest BCUT2D eigenvalue weighted by molar-refractivity contribution is 5.95. The second-order valence-corrected chi connectivity index (χ2v) is 5.30. The average Bonchev–Trinajstić information content (AvgIpc) is 3.23. The summed E-state index contributed by atoms with van der Waals surface area (Å²) in [5.41, 5.74) is 1.75. The third-order valence-corrected chi connectivity index (χ3v) is 3.90. The Hall–Kier alpha value is -1.82. The fourth-order valence-corrected chi connectivity index (χ4v) is 2.46. The monoisotopic (exact) mass is 256 g/mol. The van der Waals surface area contributed by atoms with Crippen molar-refractivity contribution < 1.29 is 4.79 Å². The summed E-state index contributed by atoms with van der Waals surface area (Å²) in [6, 6.07) is 10.0. The van der Waals surface area contributed by atoms with Crippen molar-refractivity contribution in [1.29, 1.82) is 5.26 Å². The molecule has 0 spiro atoms. The number of nitriles is 1. The molecular formula is C16H20N2O. The molecular weight excluding hydrogens is 236 g/mol. The van der Waals surface area contributed by atoms with Crippen molar-refractivity contribution in [2.24, 2.45) is 5.92 Å². The van der Waals surface area contributed by atoms with E-state index in [2.05, 4.69) is 13.0 Å². The van der Waals surface area contributed by atoms with Gasteiger partial charge in [0.25, 0.3) is 5.91 Å². The van der Waals surface area contributed by atoms with Gasteiger partial charge in [-0.3, -0.25) is 4.79 Å². The summed E-state index contributed by atoms with van der Waals surface area (Å²) >= 11 is 0. The Morgan fingerprint density at radius 2 is 2.16 bits per heavy atom. The second kappa shape index (κ2) is 5.88. The maximum absolute atomic E-state index is 12.7. The molecule has 1 amide bonds. The van der Waals surface area contributed by atoms with E-state index in [0.717, 1.165) is 11.1 Å². The molecule has 1 aromatic rings. The van der Waals surface area contributed by atoms with Gasteiger partial charge in [0, 0.05) is 18.2 Å². The minimum Gasteiger partial charge on any atom is -0.335 e. The lowest BCUT2D eigenvalue weighted by atomic mass is 10.1. The maximum Gasteiger partial charge on any atom is 0.254 e. The summed E-state index contributed by atoms with van der Waals surface area (Å²) in [7, 11) is 0. The fourth-order valence-electron chi connectivity index (χ4n) is 2.46. The molecule has 100 valence electrons. The standard InChI is InChI=1S/C16H20N2O/c1-12-6-3-4-7-15(12)16(19)18(11-5-10-17)13(2)14-8-9-14/h3-4,6-7,13-14H,5,8-9,11H2,1-2H3/t13-/m1/s1. The Morgan fingerprint density at radius 1 is 1.47 bits per heavy atom. The zero-order valence-electron chi connectivity index (χ0n) is 11.6. The van der Waals surface area contributed by atoms with Crippen LogP contribution in [0.1, 0.15) is 42.1 Å². The van der Waals surface area contributed by atoms with Gasteiger partial charge in [-0.1, -0.05) is 18.2 Å². The Kier molecular flexibility index (Phi) is 4.21. The van der Waals surface area contributed by atoms with Crippen LogP contribution in [0.25, 0.3) is 0 Å². The quantitative estimate of drug-likeness (QED) is 0.812. The van der Waals surface area contributed by atoms with Gasteiger partial charge in [-0.05, 0) is 44.2 Å². The van der Waals surface area contributed by atoms with Crippen LogP contribution in [-0.4, -0.2) is 23.4 Å². The summed E-state index contributed by atoms with van der Waals surface area (Å²) < 4.78 is 0. The number of carbonyl (C=O) groups is 1. The summed E-state index contributed by atoms with van der Waals surface area (Å²) in [5, 5.41) is 8.77. The lowest BCUT2D eigenvalue weighted by Crippen LogP contribution is -2.40. The first-order valence-electron chi connectivity index (χ1n) is 6.88. The normalized spacial score (nSPS) is 15.6. The first-order chi connectivity index (χ1) is 9.15. The third-order valence-electron chi connectivity index (χ3n) is 3.90. The molecule has 1 aliphatic carbocycles. The van der Waals surface area contributed by atoms with Crippen LogP contribution in [-0.2, 0) is 0 Å². The molecule has 1 aliphatic rings. The average molecular weight is 256 g/mol. The van der Waals surface area contributed by atoms with E-state index in [4.69, 9.17) is 5.26 Å². The van der Waals surface area contributed by atoms with E-state index in [9.17, 15) is 4.79 Å². The smallest absolute Gasteiger partial charge is 0.254 e. The van der Waals surface area contributed by atoms with Gasteiger partial charge in [0.1, 0.15) is 0 Å². The molecule has 3 heteroatoms. The van der Waals surface area contributed by atoms with Gasteiger partial charge in [0.15, 0.2) is 0 Å². The Morgan fingerprint density at radius 3 is 2.74 bits per heavy atom. The van der Waals surface area contributed by atoms with Crippen molar-refractivity contribution in [3.63, 3.8) is 0 Å². The molecule has 1 atom stereocenters. The van der Waals surface area contributed by atoms with Crippen LogP contribution in [0, 0.1) is 24.2 Å². The van der Waals surface area contributed by atoms with Crippen molar-refractivity contribution >= 4 is 5.91 Å². The number of aryl methyl sites for hydroxylation is 1. The van der Waals surface area contributed by atoms with Crippen LogP contribution in [0.15, 0.2) is 24.3 Å². The molecule has 0 saturated heterocycles. The number of benzene rings is 1. The van der Waals surface area contributed by atoms with Gasteiger partial charge >= 0.3 is 0 Å². The minimum atomic E-state index is 0.0627. The van der Waals surface area contributed by atoms with Crippen LogP contribution in [0.4, 0.5) is 0 Å². The lowest BCUT2D eigenvalue weighted by Gasteiger charge is -2.29. The predicted octanol–water partition coefficient (Wildman–Crippen LogP) is 3.15. The molecule has 0 radical (unpaired) electrons. The SMILES string of the molecule is Cc1ccccc1C(=O)N(CCC#N)[C@H](C)C1CC1. The lowest BCUT2D eigenvalue weighted by molar-refractivity contribution is 0.0676. The van der Waals surface area contributed by atoms with Crippen molar-refractivity contribution in [2.45, 2.75) is 39.2 Å². The first-order valence-corrected chi connectivity index (χ1v) is 6.88. The van der Waals surface area contributed by atoms with E-state index in [1.54, 1.807) is 0 Å². The van der Waals surface area contributed by atoms with Gasteiger partial charge in [0.05, 0.1) is 12.5 Å². The number of amides is 1. The molecule has 19 heavy (non-hydrogen) atoms. The highest BCUT2D eigenvalue weighted by atomic mass is 16.2. The first kappa shape index (κ1) is 13.6. The maximum atomic E-state index is 12.7. The Balaban J connectivity index is 2.19. The molecule has 0 bridgehead atoms. The Labute approximate surface area is 114 Å². The molecule has 1 aromatic carbocycles. The van der Waals surface area contributed by atoms with Crippen molar-refractivity contribution in [1.82, 2.24) is 4.90 Å². The summed E-state index contributed by atoms with van der Waals surface area (Å²) in [6.45, 7) is 4.59. The highest BCUT2D eigenvalue weighted by Crippen LogP contribution is 2.35. The van der Waals surface area contributed by atoms with Gasteiger partial charge in [-0.2, -0.15) is 5.26 Å². The van der Waals surface area contributed by atoms with Gasteiger partial charge in [0.2, 0.25) is 0 Å². The number of hydrogen-bond donors (Lipinski definition) is 0. The van der Waals surface area contributed by atoms with Gasteiger partial charge < -0.3 is 4.90 Å². The number of hydrogen-bond acceptors (Lipinski definition) is 2. The largest absolute Gasteiger partial charge is 0.335 e. The van der Waals surface area contributed by atoms with Crippen LogP contribution in [0.5, 0.6) is 0 Å². The van der Waals surface area contributed by atoms with E-state index >= 15 is 0 Å². The van der Waals surface area contributed by atoms with Crippen LogP contribution in [0.3, 0.4) is 0 Å².